The molecule has 4 aliphatic rings. The number of hydrogen-bond donors (Lipinski definition) is 1. The largest absolute Gasteiger partial charge is 0.479 e. The highest BCUT2D eigenvalue weighted by molar-refractivity contribution is 5.90. The third-order valence-electron chi connectivity index (χ3n) is 4.49. The van der Waals surface area contributed by atoms with Gasteiger partial charge in [-0.3, -0.25) is 4.79 Å². The Balaban J connectivity index is 1.78. The predicted octanol–water partition coefficient (Wildman–Crippen LogP) is 1.42. The number of rotatable bonds is 2. The summed E-state index contributed by atoms with van der Waals surface area (Å²) in [6.07, 6.45) is 8.05. The average molecular weight is 235 g/mol. The lowest BCUT2D eigenvalue weighted by Gasteiger charge is -2.39. The minimum Gasteiger partial charge on any atom is -0.479 e. The van der Waals surface area contributed by atoms with Crippen molar-refractivity contribution in [1.82, 2.24) is 4.90 Å². The number of fused-ring (bicyclic) bond motifs is 1. The number of hydrogen-bond acceptors (Lipinski definition) is 2. The van der Waals surface area contributed by atoms with Crippen molar-refractivity contribution in [3.8, 4) is 0 Å². The molecule has 0 spiro atoms. The van der Waals surface area contributed by atoms with Gasteiger partial charge in [0, 0.05) is 12.5 Å². The maximum Gasteiger partial charge on any atom is 0.329 e. The third-order valence-corrected chi connectivity index (χ3v) is 4.49. The number of carboxylic acids is 1. The lowest BCUT2D eigenvalue weighted by molar-refractivity contribution is -0.160. The van der Waals surface area contributed by atoms with E-state index < -0.39 is 11.5 Å². The van der Waals surface area contributed by atoms with Crippen LogP contribution in [0, 0.1) is 11.8 Å². The number of carbonyl (C=O) groups excluding carboxylic acids is 1. The average Bonchev–Trinajstić information content (AvgIpc) is 2.84. The lowest BCUT2D eigenvalue weighted by atomic mass is 9.73. The zero-order chi connectivity index (χ0) is 12.0. The smallest absolute Gasteiger partial charge is 0.329 e. The van der Waals surface area contributed by atoms with Crippen LogP contribution in [0.1, 0.15) is 32.1 Å². The van der Waals surface area contributed by atoms with Gasteiger partial charge in [0.05, 0.1) is 0 Å². The maximum absolute atomic E-state index is 12.4. The fourth-order valence-corrected chi connectivity index (χ4v) is 3.51. The van der Waals surface area contributed by atoms with Crippen LogP contribution in [0.5, 0.6) is 0 Å². The first-order valence-corrected chi connectivity index (χ1v) is 6.33. The summed E-state index contributed by atoms with van der Waals surface area (Å²) in [6.45, 7) is 0.658. The first kappa shape index (κ1) is 10.8. The van der Waals surface area contributed by atoms with Crippen LogP contribution in [0.25, 0.3) is 0 Å². The van der Waals surface area contributed by atoms with Crippen LogP contribution >= 0.6 is 0 Å². The van der Waals surface area contributed by atoms with Gasteiger partial charge in [-0.1, -0.05) is 12.2 Å². The molecule has 1 N–H and O–H groups in total. The quantitative estimate of drug-likeness (QED) is 0.736. The minimum atomic E-state index is -0.844. The molecule has 2 aliphatic carbocycles. The standard InChI is InChI=1S/C13H17NO3/c15-11(10-4-2-1-3-5-10)14-8-9-6-13(14,7-9)12(16)17/h1-2,9-10H,3-8H2,(H,16,17). The van der Waals surface area contributed by atoms with Crippen molar-refractivity contribution in [3.63, 3.8) is 0 Å². The van der Waals surface area contributed by atoms with E-state index in [0.717, 1.165) is 19.3 Å². The van der Waals surface area contributed by atoms with Gasteiger partial charge in [-0.05, 0) is 38.0 Å². The van der Waals surface area contributed by atoms with E-state index in [-0.39, 0.29) is 11.8 Å². The number of carbonyl (C=O) groups is 2. The number of allylic oxidation sites excluding steroid dienone is 2. The van der Waals surface area contributed by atoms with Crippen molar-refractivity contribution in [2.24, 2.45) is 11.8 Å². The molecule has 2 aliphatic heterocycles. The molecule has 1 unspecified atom stereocenters. The van der Waals surface area contributed by atoms with Gasteiger partial charge in [0.15, 0.2) is 0 Å². The second-order valence-electron chi connectivity index (χ2n) is 5.54. The summed E-state index contributed by atoms with van der Waals surface area (Å²) in [6, 6.07) is 0. The molecule has 2 heterocycles. The Morgan fingerprint density at radius 1 is 1.29 bits per heavy atom. The molecular weight excluding hydrogens is 218 g/mol. The summed E-state index contributed by atoms with van der Waals surface area (Å²) < 4.78 is 0. The Bertz CT molecular complexity index is 395. The fraction of sp³-hybridized carbons (Fsp3) is 0.692. The summed E-state index contributed by atoms with van der Waals surface area (Å²) >= 11 is 0. The molecule has 4 nitrogen and oxygen atoms in total. The van der Waals surface area contributed by atoms with E-state index in [9.17, 15) is 14.7 Å². The fourth-order valence-electron chi connectivity index (χ4n) is 3.51. The Morgan fingerprint density at radius 3 is 2.65 bits per heavy atom. The van der Waals surface area contributed by atoms with Crippen molar-refractivity contribution in [3.05, 3.63) is 12.2 Å². The SMILES string of the molecule is O=C(C1CC=CCC1)N1CC2CC1(C(=O)O)C2. The first-order valence-electron chi connectivity index (χ1n) is 6.33. The number of nitrogens with zero attached hydrogens (tertiary/aromatic N) is 1. The molecule has 4 rings (SSSR count). The van der Waals surface area contributed by atoms with E-state index in [4.69, 9.17) is 0 Å². The van der Waals surface area contributed by atoms with Gasteiger partial charge in [-0.25, -0.2) is 4.79 Å². The van der Waals surface area contributed by atoms with Crippen LogP contribution in [0.3, 0.4) is 0 Å². The highest BCUT2D eigenvalue weighted by Crippen LogP contribution is 2.51. The van der Waals surface area contributed by atoms with Gasteiger partial charge in [-0.15, -0.1) is 0 Å². The zero-order valence-electron chi connectivity index (χ0n) is 9.76. The molecule has 0 radical (unpaired) electrons. The summed E-state index contributed by atoms with van der Waals surface area (Å²) in [5.41, 5.74) is -0.844. The summed E-state index contributed by atoms with van der Waals surface area (Å²) in [7, 11) is 0. The van der Waals surface area contributed by atoms with E-state index in [1.807, 2.05) is 6.08 Å². The molecule has 0 aromatic heterocycles. The molecular formula is C13H17NO3. The molecule has 17 heavy (non-hydrogen) atoms. The second-order valence-corrected chi connectivity index (χ2v) is 5.54. The van der Waals surface area contributed by atoms with Gasteiger partial charge < -0.3 is 10.0 Å². The van der Waals surface area contributed by atoms with Crippen molar-refractivity contribution in [2.45, 2.75) is 37.6 Å². The molecule has 4 heteroatoms. The molecule has 2 saturated heterocycles. The zero-order valence-corrected chi connectivity index (χ0v) is 9.76. The van der Waals surface area contributed by atoms with E-state index in [1.54, 1.807) is 4.90 Å². The molecule has 1 saturated carbocycles. The van der Waals surface area contributed by atoms with Crippen LogP contribution in [0.4, 0.5) is 0 Å². The molecule has 0 aromatic rings. The summed E-state index contributed by atoms with van der Waals surface area (Å²) in [4.78, 5) is 25.4. The van der Waals surface area contributed by atoms with Crippen LogP contribution in [0.2, 0.25) is 0 Å². The summed E-state index contributed by atoms with van der Waals surface area (Å²) in [5, 5.41) is 9.32. The molecule has 0 aromatic carbocycles. The van der Waals surface area contributed by atoms with E-state index in [1.165, 1.54) is 0 Å². The maximum atomic E-state index is 12.4. The topological polar surface area (TPSA) is 57.6 Å². The molecule has 3 fully saturated rings. The first-order chi connectivity index (χ1) is 8.13. The molecule has 1 amide bonds. The van der Waals surface area contributed by atoms with Crippen molar-refractivity contribution in [1.29, 1.82) is 0 Å². The highest BCUT2D eigenvalue weighted by Gasteiger charge is 2.63. The highest BCUT2D eigenvalue weighted by atomic mass is 16.4. The van der Waals surface area contributed by atoms with E-state index in [0.29, 0.717) is 25.3 Å². The van der Waals surface area contributed by atoms with Gasteiger partial charge >= 0.3 is 5.97 Å². The molecule has 2 bridgehead atoms. The monoisotopic (exact) mass is 235 g/mol. The Labute approximate surface area is 100 Å². The van der Waals surface area contributed by atoms with E-state index in [2.05, 4.69) is 6.08 Å². The van der Waals surface area contributed by atoms with Gasteiger partial charge in [0.25, 0.3) is 0 Å². The van der Waals surface area contributed by atoms with E-state index >= 15 is 0 Å². The normalized spacial score (nSPS) is 38.9. The van der Waals surface area contributed by atoms with Crippen LogP contribution < -0.4 is 0 Å². The van der Waals surface area contributed by atoms with Crippen LogP contribution in [-0.4, -0.2) is 34.0 Å². The van der Waals surface area contributed by atoms with Crippen molar-refractivity contribution in [2.75, 3.05) is 6.54 Å². The number of carboxylic acid groups (broad SMARTS) is 1. The molecule has 1 atom stereocenters. The van der Waals surface area contributed by atoms with Crippen molar-refractivity contribution < 1.29 is 14.7 Å². The van der Waals surface area contributed by atoms with Crippen LogP contribution in [0.15, 0.2) is 12.2 Å². The predicted molar refractivity (Wildman–Crippen MR) is 61.3 cm³/mol. The van der Waals surface area contributed by atoms with Gasteiger partial charge in [-0.2, -0.15) is 0 Å². The molecule has 92 valence electrons. The number of aliphatic carboxylic acids is 1. The van der Waals surface area contributed by atoms with Gasteiger partial charge in [0.2, 0.25) is 5.91 Å². The Morgan fingerprint density at radius 2 is 2.06 bits per heavy atom. The Hall–Kier alpha value is -1.32. The van der Waals surface area contributed by atoms with Crippen molar-refractivity contribution >= 4 is 11.9 Å². The van der Waals surface area contributed by atoms with Gasteiger partial charge in [0.1, 0.15) is 5.54 Å². The lowest BCUT2D eigenvalue weighted by Crippen LogP contribution is -2.55. The number of amides is 1. The second kappa shape index (κ2) is 3.59. The van der Waals surface area contributed by atoms with Crippen LogP contribution in [-0.2, 0) is 9.59 Å². The summed E-state index contributed by atoms with van der Waals surface area (Å²) in [5.74, 6) is -0.313. The Kier molecular flexibility index (Phi) is 2.28. The minimum absolute atomic E-state index is 0.00979. The third kappa shape index (κ3) is 1.43.